The summed E-state index contributed by atoms with van der Waals surface area (Å²) in [4.78, 5) is 24.1. The van der Waals surface area contributed by atoms with E-state index in [0.717, 1.165) is 5.56 Å². The molecule has 0 aliphatic carbocycles. The van der Waals surface area contributed by atoms with Crippen LogP contribution in [0.25, 0.3) is 0 Å². The number of hydrogen-bond donors (Lipinski definition) is 3. The van der Waals surface area contributed by atoms with Crippen LogP contribution in [0.15, 0.2) is 71.6 Å². The largest absolute Gasteiger partial charge is 0.495 e. The Morgan fingerprint density at radius 2 is 1.56 bits per heavy atom. The Morgan fingerprint density at radius 1 is 0.875 bits per heavy atom. The summed E-state index contributed by atoms with van der Waals surface area (Å²) in [5, 5.41) is 5.33. The van der Waals surface area contributed by atoms with Crippen molar-refractivity contribution in [1.82, 2.24) is 0 Å². The average Bonchev–Trinajstić information content (AvgIpc) is 2.75. The Kier molecular flexibility index (Phi) is 6.79. The van der Waals surface area contributed by atoms with Crippen LogP contribution in [0, 0.1) is 6.92 Å². The molecule has 166 valence electrons. The molecule has 0 spiro atoms. The molecule has 0 heterocycles. The topological polar surface area (TPSA) is 114 Å². The number of hydrogen-bond acceptors (Lipinski definition) is 5. The molecular formula is C23H23N3O5S. The Morgan fingerprint density at radius 3 is 2.22 bits per heavy atom. The lowest BCUT2D eigenvalue weighted by Crippen LogP contribution is -2.16. The van der Waals surface area contributed by atoms with Crippen molar-refractivity contribution < 1.29 is 22.7 Å². The van der Waals surface area contributed by atoms with Crippen LogP contribution < -0.4 is 20.1 Å². The number of methoxy groups -OCH3 is 1. The fraction of sp³-hybridized carbons (Fsp3) is 0.130. The van der Waals surface area contributed by atoms with Gasteiger partial charge in [-0.15, -0.1) is 0 Å². The number of anilines is 3. The van der Waals surface area contributed by atoms with Crippen LogP contribution in [0.4, 0.5) is 17.1 Å². The molecule has 0 unspecified atom stereocenters. The minimum Gasteiger partial charge on any atom is -0.495 e. The number of rotatable bonds is 7. The molecule has 0 saturated carbocycles. The highest BCUT2D eigenvalue weighted by atomic mass is 32.2. The van der Waals surface area contributed by atoms with E-state index in [4.69, 9.17) is 4.74 Å². The van der Waals surface area contributed by atoms with Crippen LogP contribution in [-0.2, 0) is 14.8 Å². The van der Waals surface area contributed by atoms with E-state index in [1.807, 2.05) is 6.92 Å². The van der Waals surface area contributed by atoms with Crippen molar-refractivity contribution in [3.8, 4) is 5.75 Å². The standard InChI is InChI=1S/C23H23N3O5S/c1-15-7-9-18(10-8-15)26-32(29,30)20-6-4-5-17(13-20)23(28)25-19-11-12-22(31-3)21(14-19)24-16(2)27/h4-14,26H,1-3H3,(H,24,27)(H,25,28). The van der Waals surface area contributed by atoms with Gasteiger partial charge in [0, 0.05) is 23.9 Å². The lowest BCUT2D eigenvalue weighted by Gasteiger charge is -2.12. The molecule has 8 nitrogen and oxygen atoms in total. The summed E-state index contributed by atoms with van der Waals surface area (Å²) in [6.45, 7) is 3.27. The number of carbonyl (C=O) groups is 2. The van der Waals surface area contributed by atoms with Crippen LogP contribution in [0.2, 0.25) is 0 Å². The zero-order chi connectivity index (χ0) is 23.3. The molecule has 3 rings (SSSR count). The minimum atomic E-state index is -3.88. The molecule has 9 heteroatoms. The summed E-state index contributed by atoms with van der Waals surface area (Å²) in [6, 6.07) is 17.4. The molecule has 32 heavy (non-hydrogen) atoms. The number of ether oxygens (including phenoxy) is 1. The third-order valence-electron chi connectivity index (χ3n) is 4.48. The van der Waals surface area contributed by atoms with E-state index < -0.39 is 15.9 Å². The Bertz CT molecular complexity index is 1250. The van der Waals surface area contributed by atoms with Crippen molar-refractivity contribution in [1.29, 1.82) is 0 Å². The van der Waals surface area contributed by atoms with Gasteiger partial charge in [0.15, 0.2) is 0 Å². The number of benzene rings is 3. The zero-order valence-corrected chi connectivity index (χ0v) is 18.6. The number of carbonyl (C=O) groups excluding carboxylic acids is 2. The van der Waals surface area contributed by atoms with Crippen molar-refractivity contribution in [3.05, 3.63) is 77.9 Å². The van der Waals surface area contributed by atoms with Gasteiger partial charge in [0.25, 0.3) is 15.9 Å². The number of amides is 2. The molecule has 3 aromatic carbocycles. The second-order valence-corrected chi connectivity index (χ2v) is 8.73. The van der Waals surface area contributed by atoms with E-state index in [9.17, 15) is 18.0 Å². The van der Waals surface area contributed by atoms with Crippen LogP contribution >= 0.6 is 0 Å². The monoisotopic (exact) mass is 453 g/mol. The maximum absolute atomic E-state index is 12.7. The van der Waals surface area contributed by atoms with Crippen LogP contribution in [-0.4, -0.2) is 27.3 Å². The van der Waals surface area contributed by atoms with Crippen molar-refractivity contribution in [2.75, 3.05) is 22.5 Å². The summed E-state index contributed by atoms with van der Waals surface area (Å²) < 4.78 is 33.2. The molecule has 3 aromatic rings. The fourth-order valence-corrected chi connectivity index (χ4v) is 4.02. The summed E-state index contributed by atoms with van der Waals surface area (Å²) in [6.07, 6.45) is 0. The van der Waals surface area contributed by atoms with Gasteiger partial charge >= 0.3 is 0 Å². The third kappa shape index (κ3) is 5.64. The fourth-order valence-electron chi connectivity index (χ4n) is 2.92. The summed E-state index contributed by atoms with van der Waals surface area (Å²) in [7, 11) is -2.41. The van der Waals surface area contributed by atoms with Crippen LogP contribution in [0.3, 0.4) is 0 Å². The van der Waals surface area contributed by atoms with E-state index >= 15 is 0 Å². The van der Waals surface area contributed by atoms with Crippen molar-refractivity contribution in [2.45, 2.75) is 18.7 Å². The summed E-state index contributed by atoms with van der Waals surface area (Å²) in [5.41, 5.74) is 2.40. The number of nitrogens with one attached hydrogen (secondary N) is 3. The van der Waals surface area contributed by atoms with Gasteiger partial charge < -0.3 is 15.4 Å². The minimum absolute atomic E-state index is 0.0422. The Balaban J connectivity index is 1.81. The number of aryl methyl sites for hydroxylation is 1. The summed E-state index contributed by atoms with van der Waals surface area (Å²) >= 11 is 0. The van der Waals surface area contributed by atoms with Gasteiger partial charge in [-0.05, 0) is 55.5 Å². The predicted molar refractivity (Wildman–Crippen MR) is 124 cm³/mol. The maximum Gasteiger partial charge on any atom is 0.261 e. The van der Waals surface area contributed by atoms with Crippen molar-refractivity contribution >= 4 is 38.9 Å². The van der Waals surface area contributed by atoms with Crippen molar-refractivity contribution in [2.24, 2.45) is 0 Å². The average molecular weight is 454 g/mol. The normalized spacial score (nSPS) is 10.8. The molecule has 0 bridgehead atoms. The first-order valence-electron chi connectivity index (χ1n) is 9.64. The quantitative estimate of drug-likeness (QED) is 0.500. The van der Waals surface area contributed by atoms with Gasteiger partial charge in [0.2, 0.25) is 5.91 Å². The first kappa shape index (κ1) is 22.8. The Labute approximate surface area is 186 Å². The second-order valence-electron chi connectivity index (χ2n) is 7.05. The van der Waals surface area contributed by atoms with Gasteiger partial charge in [-0.2, -0.15) is 0 Å². The Hall–Kier alpha value is -3.85. The molecule has 0 aliphatic rings. The first-order chi connectivity index (χ1) is 15.2. The SMILES string of the molecule is COc1ccc(NC(=O)c2cccc(S(=O)(=O)Nc3ccc(C)cc3)c2)cc1NC(C)=O. The van der Waals surface area contributed by atoms with E-state index in [1.54, 1.807) is 42.5 Å². The molecule has 0 fully saturated rings. The van der Waals surface area contributed by atoms with Gasteiger partial charge in [-0.1, -0.05) is 23.8 Å². The van der Waals surface area contributed by atoms with E-state index in [2.05, 4.69) is 15.4 Å². The molecule has 0 saturated heterocycles. The van der Waals surface area contributed by atoms with Gasteiger partial charge in [0.05, 0.1) is 17.7 Å². The molecule has 2 amide bonds. The highest BCUT2D eigenvalue weighted by molar-refractivity contribution is 7.92. The van der Waals surface area contributed by atoms with E-state index in [1.165, 1.54) is 38.3 Å². The van der Waals surface area contributed by atoms with Gasteiger partial charge in [0.1, 0.15) is 5.75 Å². The lowest BCUT2D eigenvalue weighted by atomic mass is 10.2. The second kappa shape index (κ2) is 9.52. The highest BCUT2D eigenvalue weighted by Crippen LogP contribution is 2.28. The highest BCUT2D eigenvalue weighted by Gasteiger charge is 2.17. The van der Waals surface area contributed by atoms with E-state index in [-0.39, 0.29) is 16.4 Å². The van der Waals surface area contributed by atoms with Gasteiger partial charge in [-0.25, -0.2) is 8.42 Å². The predicted octanol–water partition coefficient (Wildman–Crippen LogP) is 4.02. The maximum atomic E-state index is 12.7. The summed E-state index contributed by atoms with van der Waals surface area (Å²) in [5.74, 6) is -0.351. The van der Waals surface area contributed by atoms with Crippen molar-refractivity contribution in [3.63, 3.8) is 0 Å². The molecule has 0 aliphatic heterocycles. The van der Waals surface area contributed by atoms with Gasteiger partial charge in [-0.3, -0.25) is 14.3 Å². The first-order valence-corrected chi connectivity index (χ1v) is 11.1. The smallest absolute Gasteiger partial charge is 0.261 e. The molecule has 0 atom stereocenters. The number of sulfonamides is 1. The lowest BCUT2D eigenvalue weighted by molar-refractivity contribution is -0.114. The molecule has 3 N–H and O–H groups in total. The van der Waals surface area contributed by atoms with Crippen LogP contribution in [0.5, 0.6) is 5.75 Å². The zero-order valence-electron chi connectivity index (χ0n) is 17.8. The molecule has 0 radical (unpaired) electrons. The molecular weight excluding hydrogens is 430 g/mol. The molecule has 0 aromatic heterocycles. The van der Waals surface area contributed by atoms with Crippen LogP contribution in [0.1, 0.15) is 22.8 Å². The van der Waals surface area contributed by atoms with E-state index in [0.29, 0.717) is 22.8 Å². The third-order valence-corrected chi connectivity index (χ3v) is 5.86.